The van der Waals surface area contributed by atoms with Gasteiger partial charge >= 0.3 is 0 Å². The fourth-order valence-electron chi connectivity index (χ4n) is 3.01. The van der Waals surface area contributed by atoms with Gasteiger partial charge in [0.05, 0.1) is 0 Å². The predicted octanol–water partition coefficient (Wildman–Crippen LogP) is 2.59. The van der Waals surface area contributed by atoms with Crippen LogP contribution < -0.4 is 5.32 Å². The molecule has 2 heterocycles. The lowest BCUT2D eigenvalue weighted by atomic mass is 9.86. The van der Waals surface area contributed by atoms with Gasteiger partial charge in [0.15, 0.2) is 0 Å². The molecule has 1 atom stereocenters. The molecule has 4 nitrogen and oxygen atoms in total. The van der Waals surface area contributed by atoms with Crippen LogP contribution in [-0.4, -0.2) is 34.8 Å². The van der Waals surface area contributed by atoms with E-state index in [0.29, 0.717) is 25.8 Å². The molecule has 0 spiro atoms. The molecular formula is C16H24N2O2S. The number of nitrogens with zero attached hydrogens (tertiary/aromatic N) is 1. The maximum absolute atomic E-state index is 12.9. The molecule has 21 heavy (non-hydrogen) atoms. The third kappa shape index (κ3) is 2.98. The number of nitrogens with one attached hydrogen (secondary N) is 1. The maximum Gasteiger partial charge on any atom is 0.248 e. The van der Waals surface area contributed by atoms with Gasteiger partial charge in [-0.2, -0.15) is 11.3 Å². The molecule has 1 N–H and O–H groups in total. The van der Waals surface area contributed by atoms with E-state index in [-0.39, 0.29) is 17.9 Å². The molecule has 1 aromatic rings. The van der Waals surface area contributed by atoms with E-state index < -0.39 is 5.54 Å². The zero-order valence-electron chi connectivity index (χ0n) is 13.0. The van der Waals surface area contributed by atoms with Crippen molar-refractivity contribution < 1.29 is 9.59 Å². The lowest BCUT2D eigenvalue weighted by molar-refractivity contribution is -0.155. The van der Waals surface area contributed by atoms with Gasteiger partial charge in [0.25, 0.3) is 0 Å². The average Bonchev–Trinajstić information content (AvgIpc) is 3.01. The Labute approximate surface area is 130 Å². The number of hydrogen-bond acceptors (Lipinski definition) is 3. The molecule has 1 saturated heterocycles. The zero-order valence-corrected chi connectivity index (χ0v) is 13.8. The summed E-state index contributed by atoms with van der Waals surface area (Å²) in [7, 11) is 0. The molecule has 0 bridgehead atoms. The Morgan fingerprint density at radius 1 is 1.29 bits per heavy atom. The van der Waals surface area contributed by atoms with Crippen molar-refractivity contribution in [1.82, 2.24) is 10.2 Å². The summed E-state index contributed by atoms with van der Waals surface area (Å²) < 4.78 is 0. The Morgan fingerprint density at radius 3 is 2.52 bits per heavy atom. The monoisotopic (exact) mass is 308 g/mol. The van der Waals surface area contributed by atoms with Gasteiger partial charge in [-0.25, -0.2) is 0 Å². The van der Waals surface area contributed by atoms with Crippen LogP contribution in [0.3, 0.4) is 0 Å². The third-order valence-electron chi connectivity index (χ3n) is 4.53. The number of hydrogen-bond donors (Lipinski definition) is 1. The second-order valence-corrected chi connectivity index (χ2v) is 6.36. The summed E-state index contributed by atoms with van der Waals surface area (Å²) in [5.74, 6) is 0.0697. The van der Waals surface area contributed by atoms with Gasteiger partial charge in [0, 0.05) is 6.54 Å². The molecule has 1 unspecified atom stereocenters. The summed E-state index contributed by atoms with van der Waals surface area (Å²) in [5, 5.41) is 7.12. The predicted molar refractivity (Wildman–Crippen MR) is 85.3 cm³/mol. The average molecular weight is 308 g/mol. The van der Waals surface area contributed by atoms with E-state index in [1.807, 2.05) is 26.2 Å². The van der Waals surface area contributed by atoms with Crippen molar-refractivity contribution in [3.63, 3.8) is 0 Å². The Balaban J connectivity index is 2.20. The number of carbonyl (C=O) groups excluding carboxylic acids is 2. The first kappa shape index (κ1) is 16.0. The van der Waals surface area contributed by atoms with Gasteiger partial charge in [-0.1, -0.05) is 20.8 Å². The summed E-state index contributed by atoms with van der Waals surface area (Å²) >= 11 is 1.66. The third-order valence-corrected chi connectivity index (χ3v) is 5.26. The Hall–Kier alpha value is -1.36. The van der Waals surface area contributed by atoms with Crippen molar-refractivity contribution in [3.8, 4) is 0 Å². The van der Waals surface area contributed by atoms with Crippen molar-refractivity contribution in [2.75, 3.05) is 6.54 Å². The second kappa shape index (κ2) is 6.60. The van der Waals surface area contributed by atoms with Crippen LogP contribution in [0.2, 0.25) is 0 Å². The summed E-state index contributed by atoms with van der Waals surface area (Å²) in [5.41, 5.74) is 0.518. The van der Waals surface area contributed by atoms with Gasteiger partial charge in [0.1, 0.15) is 11.6 Å². The van der Waals surface area contributed by atoms with Crippen molar-refractivity contribution >= 4 is 23.2 Å². The van der Waals surface area contributed by atoms with Crippen molar-refractivity contribution in [1.29, 1.82) is 0 Å². The molecule has 0 aromatic carbocycles. The molecule has 0 aliphatic carbocycles. The number of carbonyl (C=O) groups is 2. The largest absolute Gasteiger partial charge is 0.340 e. The molecule has 0 radical (unpaired) electrons. The summed E-state index contributed by atoms with van der Waals surface area (Å²) in [6, 6.07) is 1.75. The molecule has 2 amide bonds. The first-order chi connectivity index (χ1) is 10.1. The first-order valence-electron chi connectivity index (χ1n) is 7.72. The minimum atomic E-state index is -0.711. The summed E-state index contributed by atoms with van der Waals surface area (Å²) in [4.78, 5) is 27.1. The van der Waals surface area contributed by atoms with Gasteiger partial charge in [-0.3, -0.25) is 9.59 Å². The van der Waals surface area contributed by atoms with Crippen LogP contribution in [0.15, 0.2) is 16.8 Å². The van der Waals surface area contributed by atoms with Crippen LogP contribution in [0.25, 0.3) is 0 Å². The topological polar surface area (TPSA) is 49.4 Å². The van der Waals surface area contributed by atoms with E-state index in [4.69, 9.17) is 0 Å². The van der Waals surface area contributed by atoms with Crippen LogP contribution in [0.5, 0.6) is 0 Å². The lowest BCUT2D eigenvalue weighted by Crippen LogP contribution is -2.70. The number of thiophene rings is 1. The number of amides is 2. The Morgan fingerprint density at radius 2 is 2.00 bits per heavy atom. The first-order valence-corrected chi connectivity index (χ1v) is 8.66. The molecule has 1 aromatic heterocycles. The molecule has 1 aliphatic rings. The van der Waals surface area contributed by atoms with E-state index in [1.54, 1.807) is 16.2 Å². The van der Waals surface area contributed by atoms with Crippen LogP contribution in [-0.2, 0) is 16.0 Å². The highest BCUT2D eigenvalue weighted by atomic mass is 32.1. The summed E-state index contributed by atoms with van der Waals surface area (Å²) in [6.07, 6.45) is 2.74. The van der Waals surface area contributed by atoms with E-state index in [2.05, 4.69) is 16.8 Å². The van der Waals surface area contributed by atoms with Crippen LogP contribution in [0.4, 0.5) is 0 Å². The van der Waals surface area contributed by atoms with Crippen LogP contribution in [0, 0.1) is 0 Å². The normalized spacial score (nSPS) is 21.5. The highest BCUT2D eigenvalue weighted by Crippen LogP contribution is 2.26. The second-order valence-electron chi connectivity index (χ2n) is 5.58. The Bertz CT molecular complexity index is 494. The van der Waals surface area contributed by atoms with E-state index in [0.717, 1.165) is 6.42 Å². The SMILES string of the molecule is CCC1C(=O)NC(CC)(CC)C(=O)N1CCc1ccsc1. The number of piperazine rings is 1. The van der Waals surface area contributed by atoms with E-state index in [9.17, 15) is 9.59 Å². The highest BCUT2D eigenvalue weighted by Gasteiger charge is 2.47. The van der Waals surface area contributed by atoms with E-state index >= 15 is 0 Å². The fraction of sp³-hybridized carbons (Fsp3) is 0.625. The van der Waals surface area contributed by atoms with Crippen molar-refractivity contribution in [2.24, 2.45) is 0 Å². The molecule has 116 valence electrons. The standard InChI is InChI=1S/C16H24N2O2S/c1-4-13-14(19)17-16(5-2,6-3)15(20)18(13)9-7-12-8-10-21-11-12/h8,10-11,13H,4-7,9H2,1-3H3,(H,17,19). The van der Waals surface area contributed by atoms with Crippen LogP contribution >= 0.6 is 11.3 Å². The zero-order chi connectivity index (χ0) is 15.5. The lowest BCUT2D eigenvalue weighted by Gasteiger charge is -2.45. The van der Waals surface area contributed by atoms with Gasteiger partial charge in [0.2, 0.25) is 11.8 Å². The smallest absolute Gasteiger partial charge is 0.248 e. The number of rotatable bonds is 6. The highest BCUT2D eigenvalue weighted by molar-refractivity contribution is 7.07. The maximum atomic E-state index is 12.9. The Kier molecular flexibility index (Phi) is 5.04. The minimum Gasteiger partial charge on any atom is -0.340 e. The molecule has 1 aliphatic heterocycles. The molecular weight excluding hydrogens is 284 g/mol. The van der Waals surface area contributed by atoms with Crippen molar-refractivity contribution in [3.05, 3.63) is 22.4 Å². The molecule has 2 rings (SSSR count). The van der Waals surface area contributed by atoms with Gasteiger partial charge in [-0.15, -0.1) is 0 Å². The van der Waals surface area contributed by atoms with E-state index in [1.165, 1.54) is 5.56 Å². The molecule has 5 heteroatoms. The van der Waals surface area contributed by atoms with Gasteiger partial charge < -0.3 is 10.2 Å². The fourth-order valence-corrected chi connectivity index (χ4v) is 3.71. The van der Waals surface area contributed by atoms with Crippen molar-refractivity contribution in [2.45, 2.75) is 58.0 Å². The quantitative estimate of drug-likeness (QED) is 0.878. The van der Waals surface area contributed by atoms with Crippen LogP contribution in [0.1, 0.15) is 45.6 Å². The minimum absolute atomic E-state index is 0.00822. The van der Waals surface area contributed by atoms with Gasteiger partial charge in [-0.05, 0) is 48.1 Å². The molecule has 0 saturated carbocycles. The molecule has 1 fully saturated rings. The summed E-state index contributed by atoms with van der Waals surface area (Å²) in [6.45, 7) is 6.50.